The molecule has 41 heavy (non-hydrogen) atoms. The maximum Gasteiger partial charge on any atom is 0.311 e. The zero-order valence-corrected chi connectivity index (χ0v) is 25.5. The summed E-state index contributed by atoms with van der Waals surface area (Å²) in [6.45, 7) is 4.09. The Balaban J connectivity index is 1.71. The Labute approximate surface area is 244 Å². The van der Waals surface area contributed by atoms with Gasteiger partial charge in [-0.1, -0.05) is 13.0 Å². The van der Waals surface area contributed by atoms with Crippen LogP contribution in [0.4, 0.5) is 0 Å². The van der Waals surface area contributed by atoms with Gasteiger partial charge in [0.25, 0.3) is 0 Å². The molecule has 9 heteroatoms. The molecule has 9 nitrogen and oxygen atoms in total. The molecule has 0 N–H and O–H groups in total. The van der Waals surface area contributed by atoms with E-state index in [4.69, 9.17) is 28.4 Å². The lowest BCUT2D eigenvalue weighted by molar-refractivity contribution is -0.940. The molecule has 1 aliphatic heterocycles. The van der Waals surface area contributed by atoms with Crippen molar-refractivity contribution in [1.29, 1.82) is 0 Å². The largest absolute Gasteiger partial charge is 0.493 e. The highest BCUT2D eigenvalue weighted by atomic mass is 16.5. The highest BCUT2D eigenvalue weighted by molar-refractivity contribution is 5.69. The van der Waals surface area contributed by atoms with Crippen LogP contribution in [-0.4, -0.2) is 78.2 Å². The fourth-order valence-electron chi connectivity index (χ4n) is 5.43. The van der Waals surface area contributed by atoms with Gasteiger partial charge in [-0.25, -0.2) is 0 Å². The minimum atomic E-state index is -0.190. The Morgan fingerprint density at radius 1 is 0.805 bits per heavy atom. The van der Waals surface area contributed by atoms with E-state index in [1.54, 1.807) is 35.4 Å². The molecule has 2 unspecified atom stereocenters. The maximum atomic E-state index is 12.7. The Morgan fingerprint density at radius 3 is 2.05 bits per heavy atom. The third kappa shape index (κ3) is 8.52. The predicted octanol–water partition coefficient (Wildman–Crippen LogP) is 5.06. The number of hydrogen-bond donors (Lipinski definition) is 0. The summed E-state index contributed by atoms with van der Waals surface area (Å²) in [7, 11) is 8.79. The van der Waals surface area contributed by atoms with Gasteiger partial charge in [0.1, 0.15) is 6.04 Å². The minimum Gasteiger partial charge on any atom is -0.493 e. The molecule has 0 bridgehead atoms. The molecule has 226 valence electrons. The zero-order valence-electron chi connectivity index (χ0n) is 25.5. The number of ether oxygens (including phenoxy) is 6. The first-order chi connectivity index (χ1) is 19.8. The van der Waals surface area contributed by atoms with Crippen molar-refractivity contribution >= 4 is 11.9 Å². The molecular formula is C32H46NO8+. The Bertz CT molecular complexity index is 1170. The van der Waals surface area contributed by atoms with Gasteiger partial charge in [-0.3, -0.25) is 9.59 Å². The number of esters is 2. The predicted molar refractivity (Wildman–Crippen MR) is 156 cm³/mol. The maximum absolute atomic E-state index is 12.7. The number of likely N-dealkylation sites (N-methyl/N-ethyl adjacent to an activating group) is 1. The van der Waals surface area contributed by atoms with Gasteiger partial charge in [0.2, 0.25) is 0 Å². The molecule has 0 radical (unpaired) electrons. The molecule has 3 rings (SSSR count). The molecule has 2 aromatic carbocycles. The highest BCUT2D eigenvalue weighted by Crippen LogP contribution is 2.43. The quantitative estimate of drug-likeness (QED) is 0.157. The van der Waals surface area contributed by atoms with Crippen LogP contribution in [0.3, 0.4) is 0 Å². The second-order valence-electron chi connectivity index (χ2n) is 10.6. The number of nitrogens with zero attached hydrogens (tertiary/aromatic N) is 1. The summed E-state index contributed by atoms with van der Waals surface area (Å²) in [4.78, 5) is 23.9. The van der Waals surface area contributed by atoms with E-state index in [-0.39, 0.29) is 18.0 Å². The number of rotatable bonds is 16. The third-order valence-electron chi connectivity index (χ3n) is 7.96. The highest BCUT2D eigenvalue weighted by Gasteiger charge is 2.40. The molecule has 2 aromatic rings. The van der Waals surface area contributed by atoms with Crippen molar-refractivity contribution in [2.24, 2.45) is 0 Å². The van der Waals surface area contributed by atoms with Crippen LogP contribution >= 0.6 is 0 Å². The van der Waals surface area contributed by atoms with Crippen LogP contribution in [0.2, 0.25) is 0 Å². The SMILES string of the molecule is CCC(=O)OCCCCCOC(=O)CC[N+]1(C)CCc2cc(OC)c(OC)cc2C1Cc1ccc(OC)c(OC)c1. The zero-order chi connectivity index (χ0) is 29.8. The lowest BCUT2D eigenvalue weighted by Crippen LogP contribution is -2.53. The molecule has 0 saturated heterocycles. The molecule has 0 saturated carbocycles. The monoisotopic (exact) mass is 572 g/mol. The number of carbonyl (C=O) groups excluding carboxylic acids is 2. The molecule has 1 heterocycles. The Hall–Kier alpha value is -3.46. The van der Waals surface area contributed by atoms with E-state index in [1.807, 2.05) is 12.1 Å². The molecule has 1 aliphatic rings. The average molecular weight is 573 g/mol. The van der Waals surface area contributed by atoms with E-state index in [9.17, 15) is 9.59 Å². The second kappa shape index (κ2) is 15.5. The first-order valence-corrected chi connectivity index (χ1v) is 14.4. The standard InChI is InChI=1S/C32H46NO8/c1-7-31(34)40-17-9-8-10-18-41-32(35)14-16-33(2)15-13-24-21-29(38-5)30(39-6)22-25(24)26(33)19-23-11-12-27(36-3)28(20-23)37-4/h11-12,20-22,26H,7-10,13-19H2,1-6H3/q+1. The van der Waals surface area contributed by atoms with Crippen LogP contribution < -0.4 is 18.9 Å². The summed E-state index contributed by atoms with van der Waals surface area (Å²) >= 11 is 0. The molecule has 0 amide bonds. The average Bonchev–Trinajstić information content (AvgIpc) is 3.00. The van der Waals surface area contributed by atoms with Crippen molar-refractivity contribution in [3.63, 3.8) is 0 Å². The molecule has 0 aliphatic carbocycles. The summed E-state index contributed by atoms with van der Waals surface area (Å²) in [5.41, 5.74) is 3.55. The number of carbonyl (C=O) groups is 2. The fraction of sp³-hybridized carbons (Fsp3) is 0.562. The summed E-state index contributed by atoms with van der Waals surface area (Å²) in [5, 5.41) is 0. The first kappa shape index (κ1) is 32.1. The lowest BCUT2D eigenvalue weighted by Gasteiger charge is -2.46. The van der Waals surface area contributed by atoms with Crippen molar-refractivity contribution in [1.82, 2.24) is 0 Å². The molecule has 0 fully saturated rings. The van der Waals surface area contributed by atoms with Crippen LogP contribution in [0.5, 0.6) is 23.0 Å². The van der Waals surface area contributed by atoms with Gasteiger partial charge >= 0.3 is 11.9 Å². The van der Waals surface area contributed by atoms with Crippen LogP contribution in [0.25, 0.3) is 0 Å². The molecular weight excluding hydrogens is 526 g/mol. The van der Waals surface area contributed by atoms with Crippen LogP contribution in [0.1, 0.15) is 61.8 Å². The fourth-order valence-corrected chi connectivity index (χ4v) is 5.43. The van der Waals surface area contributed by atoms with E-state index in [2.05, 4.69) is 25.2 Å². The van der Waals surface area contributed by atoms with Gasteiger partial charge < -0.3 is 32.9 Å². The summed E-state index contributed by atoms with van der Waals surface area (Å²) in [6, 6.07) is 10.3. The van der Waals surface area contributed by atoms with Gasteiger partial charge in [0, 0.05) is 24.8 Å². The first-order valence-electron chi connectivity index (χ1n) is 14.4. The number of quaternary nitrogens is 1. The van der Waals surface area contributed by atoms with Crippen molar-refractivity contribution < 1.29 is 42.5 Å². The molecule has 0 aromatic heterocycles. The van der Waals surface area contributed by atoms with E-state index in [1.165, 1.54) is 11.1 Å². The smallest absolute Gasteiger partial charge is 0.311 e. The van der Waals surface area contributed by atoms with Crippen LogP contribution in [0.15, 0.2) is 30.3 Å². The molecule has 2 atom stereocenters. The van der Waals surface area contributed by atoms with Gasteiger partial charge in [-0.05, 0) is 54.7 Å². The summed E-state index contributed by atoms with van der Waals surface area (Å²) in [5.74, 6) is 2.42. The number of fused-ring (bicyclic) bond motifs is 1. The minimum absolute atomic E-state index is 0.0790. The van der Waals surface area contributed by atoms with Crippen molar-refractivity contribution in [2.75, 3.05) is 61.8 Å². The summed E-state index contributed by atoms with van der Waals surface area (Å²) < 4.78 is 33.6. The topological polar surface area (TPSA) is 89.5 Å². The van der Waals surface area contributed by atoms with E-state index >= 15 is 0 Å². The van der Waals surface area contributed by atoms with Gasteiger partial charge in [0.05, 0.1) is 68.2 Å². The van der Waals surface area contributed by atoms with E-state index in [0.29, 0.717) is 54.3 Å². The van der Waals surface area contributed by atoms with Crippen molar-refractivity contribution in [2.45, 2.75) is 57.9 Å². The van der Waals surface area contributed by atoms with Crippen molar-refractivity contribution in [3.8, 4) is 23.0 Å². The number of methoxy groups -OCH3 is 4. The number of unbranched alkanes of at least 4 members (excludes halogenated alkanes) is 2. The number of hydrogen-bond acceptors (Lipinski definition) is 8. The lowest BCUT2D eigenvalue weighted by atomic mass is 9.86. The van der Waals surface area contributed by atoms with Gasteiger partial charge in [-0.2, -0.15) is 0 Å². The second-order valence-corrected chi connectivity index (χ2v) is 10.6. The van der Waals surface area contributed by atoms with Gasteiger partial charge in [-0.15, -0.1) is 0 Å². The van der Waals surface area contributed by atoms with E-state index in [0.717, 1.165) is 50.0 Å². The Kier molecular flexibility index (Phi) is 12.1. The number of benzene rings is 2. The third-order valence-corrected chi connectivity index (χ3v) is 7.96. The summed E-state index contributed by atoms with van der Waals surface area (Å²) in [6.07, 6.45) is 4.69. The van der Waals surface area contributed by atoms with Crippen LogP contribution in [-0.2, 0) is 31.9 Å². The Morgan fingerprint density at radius 2 is 1.41 bits per heavy atom. The van der Waals surface area contributed by atoms with E-state index < -0.39 is 0 Å². The molecule has 0 spiro atoms. The van der Waals surface area contributed by atoms with Crippen molar-refractivity contribution in [3.05, 3.63) is 47.0 Å². The van der Waals surface area contributed by atoms with Crippen LogP contribution in [0, 0.1) is 0 Å². The van der Waals surface area contributed by atoms with Gasteiger partial charge in [0.15, 0.2) is 23.0 Å². The normalized spacial score (nSPS) is 17.8.